The van der Waals surface area contributed by atoms with Gasteiger partial charge in [0, 0.05) is 37.7 Å². The predicted octanol–water partition coefficient (Wildman–Crippen LogP) is 3.50. The number of carbonyl (C=O) groups is 2. The average molecular weight is 420 g/mol. The minimum atomic E-state index is -0.505. The van der Waals surface area contributed by atoms with Crippen LogP contribution in [-0.2, 0) is 11.3 Å². The molecule has 1 aliphatic rings. The number of piperazine rings is 1. The maximum absolute atomic E-state index is 13.0. The fourth-order valence-electron chi connectivity index (χ4n) is 3.35. The highest BCUT2D eigenvalue weighted by Gasteiger charge is 2.31. The Labute approximate surface area is 175 Å². The minimum absolute atomic E-state index is 0.00214. The molecule has 0 saturated carbocycles. The van der Waals surface area contributed by atoms with Gasteiger partial charge in [-0.05, 0) is 35.1 Å². The fourth-order valence-corrected chi connectivity index (χ4v) is 4.19. The van der Waals surface area contributed by atoms with Crippen LogP contribution < -0.4 is 5.32 Å². The number of halogens is 1. The van der Waals surface area contributed by atoms with Crippen molar-refractivity contribution in [2.24, 2.45) is 5.92 Å². The molecular formula is C21H26ClN3O2S. The van der Waals surface area contributed by atoms with E-state index in [9.17, 15) is 9.59 Å². The van der Waals surface area contributed by atoms with Crippen LogP contribution in [0.3, 0.4) is 0 Å². The third-order valence-electron chi connectivity index (χ3n) is 4.94. The summed E-state index contributed by atoms with van der Waals surface area (Å²) in [5.41, 5.74) is 1.18. The van der Waals surface area contributed by atoms with Crippen LogP contribution in [0.25, 0.3) is 0 Å². The molecule has 1 N–H and O–H groups in total. The molecule has 0 aliphatic carbocycles. The van der Waals surface area contributed by atoms with Crippen molar-refractivity contribution in [1.82, 2.24) is 15.1 Å². The van der Waals surface area contributed by atoms with E-state index >= 15 is 0 Å². The predicted molar refractivity (Wildman–Crippen MR) is 114 cm³/mol. The molecule has 3 rings (SSSR count). The second-order valence-electron chi connectivity index (χ2n) is 7.40. The maximum atomic E-state index is 13.0. The number of benzene rings is 1. The number of rotatable bonds is 6. The van der Waals surface area contributed by atoms with Gasteiger partial charge in [0.25, 0.3) is 5.91 Å². The van der Waals surface area contributed by atoms with Gasteiger partial charge in [0.15, 0.2) is 0 Å². The topological polar surface area (TPSA) is 52.7 Å². The summed E-state index contributed by atoms with van der Waals surface area (Å²) in [7, 11) is 0. The first-order valence-electron chi connectivity index (χ1n) is 9.54. The van der Waals surface area contributed by atoms with E-state index in [0.29, 0.717) is 18.0 Å². The van der Waals surface area contributed by atoms with Crippen molar-refractivity contribution >= 4 is 34.8 Å². The van der Waals surface area contributed by atoms with E-state index in [2.05, 4.69) is 16.3 Å². The first-order valence-corrected chi connectivity index (χ1v) is 10.8. The van der Waals surface area contributed by atoms with Crippen LogP contribution in [0.15, 0.2) is 41.8 Å². The Balaban J connectivity index is 1.55. The zero-order valence-electron chi connectivity index (χ0n) is 16.2. The Morgan fingerprint density at radius 3 is 2.50 bits per heavy atom. The van der Waals surface area contributed by atoms with Crippen molar-refractivity contribution in [3.05, 3.63) is 57.2 Å². The summed E-state index contributed by atoms with van der Waals surface area (Å²) in [6, 6.07) is 11.0. The molecule has 1 aromatic carbocycles. The lowest BCUT2D eigenvalue weighted by Crippen LogP contribution is -2.56. The lowest BCUT2D eigenvalue weighted by atomic mass is 10.0. The molecule has 2 heterocycles. The summed E-state index contributed by atoms with van der Waals surface area (Å²) in [4.78, 5) is 30.3. The van der Waals surface area contributed by atoms with Gasteiger partial charge in [-0.1, -0.05) is 43.6 Å². The largest absolute Gasteiger partial charge is 0.339 e. The summed E-state index contributed by atoms with van der Waals surface area (Å²) < 4.78 is 0. The van der Waals surface area contributed by atoms with Crippen LogP contribution in [0.1, 0.15) is 29.1 Å². The number of nitrogens with one attached hydrogen (secondary N) is 1. The first-order chi connectivity index (χ1) is 13.4. The van der Waals surface area contributed by atoms with Gasteiger partial charge in [-0.3, -0.25) is 14.5 Å². The maximum Gasteiger partial charge on any atom is 0.262 e. The van der Waals surface area contributed by atoms with Gasteiger partial charge in [-0.25, -0.2) is 0 Å². The molecule has 0 spiro atoms. The Morgan fingerprint density at radius 2 is 1.89 bits per heavy atom. The molecule has 1 fully saturated rings. The molecule has 2 aromatic rings. The molecule has 150 valence electrons. The Kier molecular flexibility index (Phi) is 7.10. The Morgan fingerprint density at radius 1 is 1.14 bits per heavy atom. The molecule has 5 nitrogen and oxygen atoms in total. The van der Waals surface area contributed by atoms with Gasteiger partial charge in [0.2, 0.25) is 5.91 Å². The van der Waals surface area contributed by atoms with Gasteiger partial charge in [0.1, 0.15) is 6.04 Å². The van der Waals surface area contributed by atoms with Crippen molar-refractivity contribution in [3.63, 3.8) is 0 Å². The number of hydrogen-bond donors (Lipinski definition) is 1. The summed E-state index contributed by atoms with van der Waals surface area (Å²) in [5.74, 6) is -0.148. The molecule has 0 bridgehead atoms. The highest BCUT2D eigenvalue weighted by atomic mass is 35.5. The monoisotopic (exact) mass is 419 g/mol. The van der Waals surface area contributed by atoms with Gasteiger partial charge in [0.05, 0.1) is 4.88 Å². The van der Waals surface area contributed by atoms with Crippen molar-refractivity contribution in [2.45, 2.75) is 26.4 Å². The molecule has 1 aromatic heterocycles. The third-order valence-corrected chi connectivity index (χ3v) is 6.05. The first kappa shape index (κ1) is 20.8. The van der Waals surface area contributed by atoms with E-state index in [4.69, 9.17) is 11.6 Å². The summed E-state index contributed by atoms with van der Waals surface area (Å²) >= 11 is 7.45. The van der Waals surface area contributed by atoms with Gasteiger partial charge in [-0.15, -0.1) is 11.3 Å². The second kappa shape index (κ2) is 9.54. The van der Waals surface area contributed by atoms with Crippen molar-refractivity contribution in [2.75, 3.05) is 26.2 Å². The van der Waals surface area contributed by atoms with Crippen LogP contribution >= 0.6 is 22.9 Å². The second-order valence-corrected chi connectivity index (χ2v) is 8.79. The van der Waals surface area contributed by atoms with Gasteiger partial charge >= 0.3 is 0 Å². The summed E-state index contributed by atoms with van der Waals surface area (Å²) in [5, 5.41) is 5.53. The lowest BCUT2D eigenvalue weighted by molar-refractivity contribution is -0.136. The summed E-state index contributed by atoms with van der Waals surface area (Å²) in [6.07, 6.45) is 0. The third kappa shape index (κ3) is 5.34. The molecular weight excluding hydrogens is 394 g/mol. The molecule has 28 heavy (non-hydrogen) atoms. The number of thiophene rings is 1. The number of amides is 2. The number of nitrogens with zero attached hydrogens (tertiary/aromatic N) is 2. The molecule has 0 radical (unpaired) electrons. The fraction of sp³-hybridized carbons (Fsp3) is 0.429. The average Bonchev–Trinajstić information content (AvgIpc) is 3.21. The number of hydrogen-bond acceptors (Lipinski definition) is 4. The van der Waals surface area contributed by atoms with Crippen molar-refractivity contribution < 1.29 is 9.59 Å². The van der Waals surface area contributed by atoms with Crippen LogP contribution in [0, 0.1) is 5.92 Å². The van der Waals surface area contributed by atoms with Gasteiger partial charge in [-0.2, -0.15) is 0 Å². The zero-order valence-corrected chi connectivity index (χ0v) is 17.8. The standard InChI is InChI=1S/C21H26ClN3O2S/c1-15(2)19(23-20(26)18-7-4-12-28-18)21(27)25-10-8-24(9-11-25)14-16-5-3-6-17(22)13-16/h3-7,12-13,15,19H,8-11,14H2,1-2H3,(H,23,26). The smallest absolute Gasteiger partial charge is 0.262 e. The molecule has 1 atom stereocenters. The van der Waals surface area contributed by atoms with Crippen LogP contribution in [0.4, 0.5) is 0 Å². The minimum Gasteiger partial charge on any atom is -0.339 e. The quantitative estimate of drug-likeness (QED) is 0.779. The Bertz CT molecular complexity index is 802. The molecule has 2 amide bonds. The van der Waals surface area contributed by atoms with E-state index in [1.54, 1.807) is 6.07 Å². The van der Waals surface area contributed by atoms with E-state index in [1.165, 1.54) is 16.9 Å². The van der Waals surface area contributed by atoms with Crippen molar-refractivity contribution in [3.8, 4) is 0 Å². The highest BCUT2D eigenvalue weighted by Crippen LogP contribution is 2.16. The molecule has 1 saturated heterocycles. The van der Waals surface area contributed by atoms with Crippen LogP contribution in [0.5, 0.6) is 0 Å². The van der Waals surface area contributed by atoms with E-state index < -0.39 is 6.04 Å². The molecule has 1 aliphatic heterocycles. The SMILES string of the molecule is CC(C)C(NC(=O)c1cccs1)C(=O)N1CCN(Cc2cccc(Cl)c2)CC1. The Hall–Kier alpha value is -1.89. The molecule has 7 heteroatoms. The molecule has 1 unspecified atom stereocenters. The van der Waals surface area contributed by atoms with Gasteiger partial charge < -0.3 is 10.2 Å². The van der Waals surface area contributed by atoms with E-state index in [0.717, 1.165) is 24.7 Å². The zero-order chi connectivity index (χ0) is 20.1. The van der Waals surface area contributed by atoms with Crippen LogP contribution in [0.2, 0.25) is 5.02 Å². The van der Waals surface area contributed by atoms with E-state index in [-0.39, 0.29) is 17.7 Å². The summed E-state index contributed by atoms with van der Waals surface area (Å²) in [6.45, 7) is 7.70. The highest BCUT2D eigenvalue weighted by molar-refractivity contribution is 7.12. The normalized spacial score (nSPS) is 16.2. The van der Waals surface area contributed by atoms with Crippen molar-refractivity contribution in [1.29, 1.82) is 0 Å². The lowest BCUT2D eigenvalue weighted by Gasteiger charge is -2.37. The van der Waals surface area contributed by atoms with Crippen LogP contribution in [-0.4, -0.2) is 53.8 Å². The van der Waals surface area contributed by atoms with E-state index in [1.807, 2.05) is 48.4 Å². The number of carbonyl (C=O) groups excluding carboxylic acids is 2.